The van der Waals surface area contributed by atoms with Crippen LogP contribution in [0.4, 0.5) is 5.69 Å². The number of nitrogens with two attached hydrogens (primary N) is 1. The second-order valence-corrected chi connectivity index (χ2v) is 8.91. The molecule has 0 amide bonds. The summed E-state index contributed by atoms with van der Waals surface area (Å²) in [6, 6.07) is 7.34. The fraction of sp³-hybridized carbons (Fsp3) is 0.286. The van der Waals surface area contributed by atoms with Crippen LogP contribution < -0.4 is 5.73 Å². The van der Waals surface area contributed by atoms with E-state index in [-0.39, 0.29) is 0 Å². The predicted molar refractivity (Wildman–Crippen MR) is 86.2 cm³/mol. The Hall–Kier alpha value is -1.08. The number of sulfonamides is 1. The number of rotatable bonds is 2. The number of anilines is 1. The minimum atomic E-state index is -3.51. The first-order valence-corrected chi connectivity index (χ1v) is 9.15. The molecule has 0 aliphatic carbocycles. The van der Waals surface area contributed by atoms with Crippen molar-refractivity contribution in [2.45, 2.75) is 24.1 Å². The van der Waals surface area contributed by atoms with E-state index in [9.17, 15) is 8.42 Å². The lowest BCUT2D eigenvalue weighted by atomic mass is 10.00. The highest BCUT2D eigenvalue weighted by molar-refractivity contribution is 7.91. The molecule has 0 fully saturated rings. The van der Waals surface area contributed by atoms with Gasteiger partial charge in [0.15, 0.2) is 0 Å². The molecule has 2 N–H and O–H groups in total. The lowest BCUT2D eigenvalue weighted by Crippen LogP contribution is -2.36. The standard InChI is InChI=1S/C14H15ClN2O2S2/c1-9-7-13(20-14(9)15)21(18,19)17-6-5-10-3-2-4-12(16)11(10)8-17/h2-4,7H,5-6,8,16H2,1H3. The van der Waals surface area contributed by atoms with Crippen LogP contribution in [0.25, 0.3) is 0 Å². The topological polar surface area (TPSA) is 63.4 Å². The molecule has 0 saturated carbocycles. The van der Waals surface area contributed by atoms with Gasteiger partial charge in [0.25, 0.3) is 10.0 Å². The van der Waals surface area contributed by atoms with Crippen molar-refractivity contribution in [3.8, 4) is 0 Å². The van der Waals surface area contributed by atoms with E-state index in [2.05, 4.69) is 0 Å². The van der Waals surface area contributed by atoms with Gasteiger partial charge in [0.2, 0.25) is 0 Å². The number of aryl methyl sites for hydroxylation is 1. The maximum Gasteiger partial charge on any atom is 0.252 e. The Kier molecular flexibility index (Phi) is 3.73. The summed E-state index contributed by atoms with van der Waals surface area (Å²) in [4.78, 5) is 0. The Balaban J connectivity index is 1.97. The first-order chi connectivity index (χ1) is 9.89. The van der Waals surface area contributed by atoms with E-state index >= 15 is 0 Å². The van der Waals surface area contributed by atoms with Crippen LogP contribution in [0.2, 0.25) is 4.34 Å². The van der Waals surface area contributed by atoms with Crippen molar-refractivity contribution in [2.24, 2.45) is 0 Å². The normalized spacial score (nSPS) is 15.9. The Morgan fingerprint density at radius 2 is 2.14 bits per heavy atom. The smallest absolute Gasteiger partial charge is 0.252 e. The zero-order valence-electron chi connectivity index (χ0n) is 11.5. The van der Waals surface area contributed by atoms with Gasteiger partial charge in [-0.05, 0) is 42.2 Å². The van der Waals surface area contributed by atoms with Crippen molar-refractivity contribution in [1.82, 2.24) is 4.31 Å². The van der Waals surface area contributed by atoms with Gasteiger partial charge in [0, 0.05) is 18.8 Å². The molecule has 0 atom stereocenters. The van der Waals surface area contributed by atoms with Crippen molar-refractivity contribution in [3.05, 3.63) is 45.3 Å². The van der Waals surface area contributed by atoms with Gasteiger partial charge in [-0.25, -0.2) is 8.42 Å². The molecule has 0 spiro atoms. The molecule has 2 heterocycles. The Morgan fingerprint density at radius 1 is 1.38 bits per heavy atom. The molecule has 112 valence electrons. The van der Waals surface area contributed by atoms with Crippen molar-refractivity contribution in [2.75, 3.05) is 12.3 Å². The quantitative estimate of drug-likeness (QED) is 0.853. The van der Waals surface area contributed by atoms with Crippen LogP contribution in [0.5, 0.6) is 0 Å². The number of halogens is 1. The van der Waals surface area contributed by atoms with Crippen molar-refractivity contribution >= 4 is 38.6 Å². The third-order valence-electron chi connectivity index (χ3n) is 3.70. The third-order valence-corrected chi connectivity index (χ3v) is 7.55. The molecule has 7 heteroatoms. The van der Waals surface area contributed by atoms with Crippen molar-refractivity contribution in [1.29, 1.82) is 0 Å². The molecular formula is C14H15ClN2O2S2. The van der Waals surface area contributed by atoms with Gasteiger partial charge >= 0.3 is 0 Å². The number of hydrogen-bond acceptors (Lipinski definition) is 4. The van der Waals surface area contributed by atoms with E-state index in [4.69, 9.17) is 17.3 Å². The Labute approximate surface area is 133 Å². The molecule has 4 nitrogen and oxygen atoms in total. The molecule has 2 aromatic rings. The van der Waals surface area contributed by atoms with Crippen LogP contribution >= 0.6 is 22.9 Å². The average molecular weight is 343 g/mol. The van der Waals surface area contributed by atoms with Crippen LogP contribution in [0.1, 0.15) is 16.7 Å². The summed E-state index contributed by atoms with van der Waals surface area (Å²) in [5, 5.41) is 0. The molecule has 1 aliphatic rings. The van der Waals surface area contributed by atoms with Gasteiger partial charge in [-0.3, -0.25) is 0 Å². The SMILES string of the molecule is Cc1cc(S(=O)(=O)N2CCc3cccc(N)c3C2)sc1Cl. The molecule has 1 aromatic heterocycles. The number of nitrogen functional groups attached to an aromatic ring is 1. The van der Waals surface area contributed by atoms with Gasteiger partial charge in [-0.1, -0.05) is 23.7 Å². The van der Waals surface area contributed by atoms with Crippen LogP contribution in [0, 0.1) is 6.92 Å². The van der Waals surface area contributed by atoms with E-state index in [1.165, 1.54) is 4.31 Å². The fourth-order valence-electron chi connectivity index (χ4n) is 2.47. The van der Waals surface area contributed by atoms with Gasteiger partial charge in [0.05, 0.1) is 4.34 Å². The highest BCUT2D eigenvalue weighted by atomic mass is 35.5. The monoisotopic (exact) mass is 342 g/mol. The summed E-state index contributed by atoms with van der Waals surface area (Å²) in [5.41, 5.74) is 9.44. The van der Waals surface area contributed by atoms with Crippen LogP contribution in [-0.4, -0.2) is 19.3 Å². The molecule has 21 heavy (non-hydrogen) atoms. The van der Waals surface area contributed by atoms with E-state index < -0.39 is 10.0 Å². The van der Waals surface area contributed by atoms with E-state index in [0.29, 0.717) is 33.7 Å². The van der Waals surface area contributed by atoms with Gasteiger partial charge in [-0.2, -0.15) is 4.31 Å². The lowest BCUT2D eigenvalue weighted by molar-refractivity contribution is 0.393. The maximum absolute atomic E-state index is 12.7. The largest absolute Gasteiger partial charge is 0.398 e. The zero-order valence-corrected chi connectivity index (χ0v) is 13.9. The predicted octanol–water partition coefficient (Wildman–Crippen LogP) is 3.04. The lowest BCUT2D eigenvalue weighted by Gasteiger charge is -2.28. The molecule has 3 rings (SSSR count). The van der Waals surface area contributed by atoms with Gasteiger partial charge in [0.1, 0.15) is 4.21 Å². The number of thiophene rings is 1. The molecule has 1 aliphatic heterocycles. The summed E-state index contributed by atoms with van der Waals surface area (Å²) in [6.07, 6.45) is 0.678. The summed E-state index contributed by atoms with van der Waals surface area (Å²) >= 11 is 7.10. The molecule has 1 aromatic carbocycles. The van der Waals surface area contributed by atoms with Crippen molar-refractivity contribution in [3.63, 3.8) is 0 Å². The number of nitrogens with zero attached hydrogens (tertiary/aromatic N) is 1. The van der Waals surface area contributed by atoms with E-state index in [1.54, 1.807) is 19.1 Å². The second-order valence-electron chi connectivity index (χ2n) is 5.10. The average Bonchev–Trinajstić information content (AvgIpc) is 2.79. The minimum Gasteiger partial charge on any atom is -0.398 e. The fourth-order valence-corrected chi connectivity index (χ4v) is 5.75. The van der Waals surface area contributed by atoms with E-state index in [0.717, 1.165) is 28.0 Å². The zero-order chi connectivity index (χ0) is 15.2. The van der Waals surface area contributed by atoms with Crippen molar-refractivity contribution < 1.29 is 8.42 Å². The minimum absolute atomic E-state index is 0.294. The summed E-state index contributed by atoms with van der Waals surface area (Å²) in [7, 11) is -3.51. The second kappa shape index (κ2) is 5.28. The molecule has 0 radical (unpaired) electrons. The Bertz CT molecular complexity index is 780. The first-order valence-electron chi connectivity index (χ1n) is 6.52. The maximum atomic E-state index is 12.7. The first kappa shape index (κ1) is 14.8. The summed E-state index contributed by atoms with van der Waals surface area (Å²) in [6.45, 7) is 2.59. The highest BCUT2D eigenvalue weighted by Crippen LogP contribution is 2.34. The van der Waals surface area contributed by atoms with Crippen LogP contribution in [-0.2, 0) is 23.0 Å². The summed E-state index contributed by atoms with van der Waals surface area (Å²) < 4.78 is 27.7. The molecule has 0 saturated heterocycles. The summed E-state index contributed by atoms with van der Waals surface area (Å²) in [5.74, 6) is 0. The van der Waals surface area contributed by atoms with Crippen LogP contribution in [0.15, 0.2) is 28.5 Å². The molecule has 0 bridgehead atoms. The van der Waals surface area contributed by atoms with Gasteiger partial charge < -0.3 is 5.73 Å². The number of hydrogen-bond donors (Lipinski definition) is 1. The molecular weight excluding hydrogens is 328 g/mol. The highest BCUT2D eigenvalue weighted by Gasteiger charge is 2.30. The van der Waals surface area contributed by atoms with Gasteiger partial charge in [-0.15, -0.1) is 11.3 Å². The number of fused-ring (bicyclic) bond motifs is 1. The number of benzene rings is 1. The Morgan fingerprint density at radius 3 is 2.81 bits per heavy atom. The molecule has 0 unspecified atom stereocenters. The van der Waals surface area contributed by atoms with E-state index in [1.807, 2.05) is 12.1 Å². The van der Waals surface area contributed by atoms with Crippen LogP contribution in [0.3, 0.4) is 0 Å². The third kappa shape index (κ3) is 2.57.